The van der Waals surface area contributed by atoms with Crippen LogP contribution in [0.5, 0.6) is 5.75 Å². The summed E-state index contributed by atoms with van der Waals surface area (Å²) in [6, 6.07) is 6.90. The van der Waals surface area contributed by atoms with Gasteiger partial charge in [0.15, 0.2) is 0 Å². The van der Waals surface area contributed by atoms with E-state index in [-0.39, 0.29) is 13.0 Å². The van der Waals surface area contributed by atoms with Gasteiger partial charge in [0, 0.05) is 6.54 Å². The number of aliphatic hydroxyl groups is 2. The maximum absolute atomic E-state index is 11.5. The molecule has 1 aromatic rings. The van der Waals surface area contributed by atoms with Gasteiger partial charge in [0.2, 0.25) is 0 Å². The summed E-state index contributed by atoms with van der Waals surface area (Å²) in [7, 11) is 0. The van der Waals surface area contributed by atoms with E-state index in [1.807, 2.05) is 6.92 Å². The predicted molar refractivity (Wildman–Crippen MR) is 87.4 cm³/mol. The van der Waals surface area contributed by atoms with Crippen molar-refractivity contribution in [1.29, 1.82) is 0 Å². The van der Waals surface area contributed by atoms with Crippen molar-refractivity contribution >= 4 is 6.09 Å². The van der Waals surface area contributed by atoms with Crippen LogP contribution in [0.15, 0.2) is 24.3 Å². The molecular formula is C17H27NO5. The van der Waals surface area contributed by atoms with Crippen molar-refractivity contribution in [3.63, 3.8) is 0 Å². The zero-order valence-corrected chi connectivity index (χ0v) is 14.2. The minimum absolute atomic E-state index is 0.212. The van der Waals surface area contributed by atoms with Gasteiger partial charge in [-0.3, -0.25) is 0 Å². The number of rotatable bonds is 7. The van der Waals surface area contributed by atoms with E-state index in [1.165, 1.54) is 0 Å². The van der Waals surface area contributed by atoms with Crippen molar-refractivity contribution in [2.45, 2.75) is 51.9 Å². The molecule has 0 radical (unpaired) electrons. The second kappa shape index (κ2) is 8.74. The van der Waals surface area contributed by atoms with E-state index in [2.05, 4.69) is 5.32 Å². The first-order valence-corrected chi connectivity index (χ1v) is 7.78. The molecule has 6 nitrogen and oxygen atoms in total. The molecule has 0 fully saturated rings. The van der Waals surface area contributed by atoms with Gasteiger partial charge in [-0.15, -0.1) is 0 Å². The van der Waals surface area contributed by atoms with Crippen LogP contribution in [0.2, 0.25) is 0 Å². The molecule has 2 unspecified atom stereocenters. The van der Waals surface area contributed by atoms with Crippen LogP contribution in [-0.2, 0) is 4.74 Å². The molecule has 0 saturated heterocycles. The van der Waals surface area contributed by atoms with E-state index in [4.69, 9.17) is 9.47 Å². The smallest absolute Gasteiger partial charge is 0.407 e. The zero-order valence-electron chi connectivity index (χ0n) is 14.2. The number of benzene rings is 1. The van der Waals surface area contributed by atoms with Crippen molar-refractivity contribution in [2.24, 2.45) is 0 Å². The number of hydrogen-bond donors (Lipinski definition) is 3. The first-order valence-electron chi connectivity index (χ1n) is 7.78. The molecule has 3 N–H and O–H groups in total. The third kappa shape index (κ3) is 7.34. The van der Waals surface area contributed by atoms with E-state index in [1.54, 1.807) is 45.0 Å². The summed E-state index contributed by atoms with van der Waals surface area (Å²) in [5.74, 6) is 0.713. The molecule has 1 rings (SSSR count). The maximum Gasteiger partial charge on any atom is 0.407 e. The third-order valence-corrected chi connectivity index (χ3v) is 3.01. The van der Waals surface area contributed by atoms with Gasteiger partial charge < -0.3 is 25.0 Å². The highest BCUT2D eigenvalue weighted by atomic mass is 16.6. The Balaban J connectivity index is 2.41. The van der Waals surface area contributed by atoms with Gasteiger partial charge >= 0.3 is 6.09 Å². The Morgan fingerprint density at radius 3 is 2.35 bits per heavy atom. The highest BCUT2D eigenvalue weighted by Crippen LogP contribution is 2.21. The number of ether oxygens (including phenoxy) is 2. The van der Waals surface area contributed by atoms with Crippen LogP contribution in [0.1, 0.15) is 45.8 Å². The van der Waals surface area contributed by atoms with Gasteiger partial charge in [-0.1, -0.05) is 12.1 Å². The third-order valence-electron chi connectivity index (χ3n) is 3.01. The molecule has 0 heterocycles. The fourth-order valence-corrected chi connectivity index (χ4v) is 1.94. The van der Waals surface area contributed by atoms with E-state index in [9.17, 15) is 15.0 Å². The zero-order chi connectivity index (χ0) is 17.5. The van der Waals surface area contributed by atoms with Gasteiger partial charge in [-0.25, -0.2) is 4.79 Å². The number of alkyl carbamates (subject to hydrolysis) is 1. The van der Waals surface area contributed by atoms with Crippen LogP contribution in [0.4, 0.5) is 4.79 Å². The van der Waals surface area contributed by atoms with Crippen molar-refractivity contribution in [1.82, 2.24) is 5.32 Å². The lowest BCUT2D eigenvalue weighted by Crippen LogP contribution is -2.34. The van der Waals surface area contributed by atoms with Gasteiger partial charge in [0.05, 0.1) is 12.7 Å². The Morgan fingerprint density at radius 2 is 1.83 bits per heavy atom. The highest BCUT2D eigenvalue weighted by molar-refractivity contribution is 5.67. The number of amides is 1. The molecule has 0 saturated carbocycles. The van der Waals surface area contributed by atoms with Crippen LogP contribution >= 0.6 is 0 Å². The topological polar surface area (TPSA) is 88.0 Å². The summed E-state index contributed by atoms with van der Waals surface area (Å²) >= 11 is 0. The summed E-state index contributed by atoms with van der Waals surface area (Å²) in [5, 5.41) is 22.7. The van der Waals surface area contributed by atoms with E-state index < -0.39 is 23.9 Å². The number of hydrogen-bond acceptors (Lipinski definition) is 5. The lowest BCUT2D eigenvalue weighted by molar-refractivity contribution is 0.0123. The average Bonchev–Trinajstić information content (AvgIpc) is 2.45. The second-order valence-electron chi connectivity index (χ2n) is 6.23. The van der Waals surface area contributed by atoms with E-state index in [0.29, 0.717) is 17.9 Å². The molecule has 130 valence electrons. The number of aliphatic hydroxyl groups excluding tert-OH is 2. The molecule has 1 amide bonds. The monoisotopic (exact) mass is 325 g/mol. The molecule has 0 bridgehead atoms. The first kappa shape index (κ1) is 19.3. The van der Waals surface area contributed by atoms with Gasteiger partial charge in [-0.2, -0.15) is 0 Å². The molecule has 0 aromatic heterocycles. The normalized spacial score (nSPS) is 14.0. The Labute approximate surface area is 137 Å². The molecule has 23 heavy (non-hydrogen) atoms. The van der Waals surface area contributed by atoms with Crippen molar-refractivity contribution < 1.29 is 24.5 Å². The predicted octanol–water partition coefficient (Wildman–Crippen LogP) is 2.39. The van der Waals surface area contributed by atoms with E-state index >= 15 is 0 Å². The maximum atomic E-state index is 11.5. The fraction of sp³-hybridized carbons (Fsp3) is 0.588. The van der Waals surface area contributed by atoms with Crippen LogP contribution < -0.4 is 10.1 Å². The number of carbonyl (C=O) groups is 1. The van der Waals surface area contributed by atoms with Crippen molar-refractivity contribution in [2.75, 3.05) is 13.2 Å². The molecule has 1 aromatic carbocycles. The molecule has 2 atom stereocenters. The van der Waals surface area contributed by atoms with Crippen LogP contribution in [0.3, 0.4) is 0 Å². The summed E-state index contributed by atoms with van der Waals surface area (Å²) in [6.07, 6.45) is -2.33. The Kier molecular flexibility index (Phi) is 7.32. The largest absolute Gasteiger partial charge is 0.494 e. The number of carbonyl (C=O) groups excluding carboxylic acids is 1. The summed E-state index contributed by atoms with van der Waals surface area (Å²) in [6.45, 7) is 8.00. The number of nitrogens with one attached hydrogen (secondary N) is 1. The Hall–Kier alpha value is -1.79. The van der Waals surface area contributed by atoms with Gasteiger partial charge in [0.25, 0.3) is 0 Å². The fourth-order valence-electron chi connectivity index (χ4n) is 1.94. The minimum atomic E-state index is -1.02. The van der Waals surface area contributed by atoms with Crippen LogP contribution in [-0.4, -0.2) is 41.2 Å². The molecular weight excluding hydrogens is 298 g/mol. The quantitative estimate of drug-likeness (QED) is 0.716. The summed E-state index contributed by atoms with van der Waals surface area (Å²) < 4.78 is 10.4. The molecule has 0 aliphatic carbocycles. The van der Waals surface area contributed by atoms with Gasteiger partial charge in [-0.05, 0) is 51.8 Å². The Bertz CT molecular complexity index is 481. The average molecular weight is 325 g/mol. The summed E-state index contributed by atoms with van der Waals surface area (Å²) in [4.78, 5) is 11.5. The van der Waals surface area contributed by atoms with Gasteiger partial charge in [0.1, 0.15) is 17.5 Å². The van der Waals surface area contributed by atoms with Crippen molar-refractivity contribution in [3.8, 4) is 5.75 Å². The standard InChI is InChI=1S/C17H27NO5/c1-5-22-13-8-6-12(7-9-13)15(20)14(19)10-11-18-16(21)23-17(2,3)4/h6-9,14-15,19-20H,5,10-11H2,1-4H3,(H,18,21). The first-order chi connectivity index (χ1) is 10.7. The van der Waals surface area contributed by atoms with E-state index in [0.717, 1.165) is 0 Å². The highest BCUT2D eigenvalue weighted by Gasteiger charge is 2.20. The molecule has 6 heteroatoms. The molecule has 0 aliphatic heterocycles. The lowest BCUT2D eigenvalue weighted by atomic mass is 10.0. The summed E-state index contributed by atoms with van der Waals surface area (Å²) in [5.41, 5.74) is 0.0306. The second-order valence-corrected chi connectivity index (χ2v) is 6.23. The molecule has 0 spiro atoms. The van der Waals surface area contributed by atoms with Crippen LogP contribution in [0.25, 0.3) is 0 Å². The SMILES string of the molecule is CCOc1ccc(C(O)C(O)CCNC(=O)OC(C)(C)C)cc1. The minimum Gasteiger partial charge on any atom is -0.494 e. The van der Waals surface area contributed by atoms with Crippen LogP contribution in [0, 0.1) is 0 Å². The van der Waals surface area contributed by atoms with Crippen molar-refractivity contribution in [3.05, 3.63) is 29.8 Å². The molecule has 0 aliphatic rings. The Morgan fingerprint density at radius 1 is 1.22 bits per heavy atom. The lowest BCUT2D eigenvalue weighted by Gasteiger charge is -2.21.